The van der Waals surface area contributed by atoms with Crippen LogP contribution in [0.15, 0.2) is 0 Å². The van der Waals surface area contributed by atoms with Crippen LogP contribution in [0.5, 0.6) is 0 Å². The van der Waals surface area contributed by atoms with E-state index in [9.17, 15) is 25.0 Å². The normalized spacial score (nSPS) is 10.7. The van der Waals surface area contributed by atoms with E-state index in [-0.39, 0.29) is 6.42 Å². The van der Waals surface area contributed by atoms with E-state index >= 15 is 0 Å². The molecule has 0 aromatic carbocycles. The van der Waals surface area contributed by atoms with Crippen LogP contribution in [-0.2, 0) is 9.53 Å². The molecule has 0 saturated carbocycles. The minimum atomic E-state index is -2.86. The lowest BCUT2D eigenvalue weighted by molar-refractivity contribution is -0.778. The van der Waals surface area contributed by atoms with Gasteiger partial charge in [-0.25, -0.2) is 4.79 Å². The van der Waals surface area contributed by atoms with Gasteiger partial charge in [0.1, 0.15) is 16.3 Å². The minimum Gasteiger partial charge on any atom is -0.458 e. The Bertz CT molecular complexity index is 249. The Morgan fingerprint density at radius 2 is 1.79 bits per heavy atom. The predicted octanol–water partition coefficient (Wildman–Crippen LogP) is 0.209. The summed E-state index contributed by atoms with van der Waals surface area (Å²) in [6.45, 7) is 1.50. The van der Waals surface area contributed by atoms with Crippen LogP contribution in [0.1, 0.15) is 19.8 Å². The lowest BCUT2D eigenvalue weighted by Gasteiger charge is -2.13. The maximum absolute atomic E-state index is 11.0. The molecule has 0 aromatic heterocycles. The molecule has 0 amide bonds. The van der Waals surface area contributed by atoms with Crippen molar-refractivity contribution in [3.63, 3.8) is 0 Å². The lowest BCUT2D eigenvalue weighted by Crippen LogP contribution is -2.53. The summed E-state index contributed by atoms with van der Waals surface area (Å²) in [5.41, 5.74) is -2.86. The predicted molar refractivity (Wildman–Crippen MR) is 43.6 cm³/mol. The number of esters is 1. The molecule has 0 saturated heterocycles. The maximum atomic E-state index is 11.0. The highest BCUT2D eigenvalue weighted by Crippen LogP contribution is 2.19. The zero-order chi connectivity index (χ0) is 11.4. The molecule has 0 bridgehead atoms. The summed E-state index contributed by atoms with van der Waals surface area (Å²) in [5, 5.41) is 21.0. The van der Waals surface area contributed by atoms with Gasteiger partial charge in [-0.1, -0.05) is 6.92 Å². The van der Waals surface area contributed by atoms with Crippen molar-refractivity contribution in [2.45, 2.75) is 25.4 Å². The fraction of sp³-hybridized carbons (Fsp3) is 0.833. The van der Waals surface area contributed by atoms with E-state index < -0.39 is 27.9 Å². The third kappa shape index (κ3) is 1.78. The molecule has 0 rings (SSSR count). The molecule has 8 nitrogen and oxygen atoms in total. The standard InChI is InChI=1S/C6H10N2O6/c1-3-4-6(7(10)11,8(12)13)5(9)14-2/h3-4H2,1-2H3. The number of nitro groups is 2. The zero-order valence-electron chi connectivity index (χ0n) is 7.76. The van der Waals surface area contributed by atoms with Crippen LogP contribution in [0.4, 0.5) is 0 Å². The van der Waals surface area contributed by atoms with Gasteiger partial charge in [-0.2, -0.15) is 0 Å². The van der Waals surface area contributed by atoms with Gasteiger partial charge in [-0.15, -0.1) is 0 Å². The molecule has 0 N–H and O–H groups in total. The summed E-state index contributed by atoms with van der Waals surface area (Å²) >= 11 is 0. The van der Waals surface area contributed by atoms with Crippen molar-refractivity contribution in [3.8, 4) is 0 Å². The number of ether oxygens (including phenoxy) is 1. The quantitative estimate of drug-likeness (QED) is 0.275. The molecule has 0 radical (unpaired) electrons. The monoisotopic (exact) mass is 206 g/mol. The van der Waals surface area contributed by atoms with Gasteiger partial charge in [0.15, 0.2) is 0 Å². The van der Waals surface area contributed by atoms with Crippen molar-refractivity contribution >= 4 is 5.97 Å². The van der Waals surface area contributed by atoms with Gasteiger partial charge < -0.3 is 4.74 Å². The fourth-order valence-corrected chi connectivity index (χ4v) is 1.01. The van der Waals surface area contributed by atoms with Crippen molar-refractivity contribution in [3.05, 3.63) is 20.2 Å². The molecule has 0 aromatic rings. The summed E-state index contributed by atoms with van der Waals surface area (Å²) in [7, 11) is 0.875. The topological polar surface area (TPSA) is 113 Å². The average Bonchev–Trinajstić information content (AvgIpc) is 2.11. The molecule has 0 spiro atoms. The van der Waals surface area contributed by atoms with Crippen LogP contribution in [0.25, 0.3) is 0 Å². The van der Waals surface area contributed by atoms with E-state index in [1.807, 2.05) is 0 Å². The van der Waals surface area contributed by atoms with Gasteiger partial charge in [0.2, 0.25) is 0 Å². The minimum absolute atomic E-state index is 0.136. The van der Waals surface area contributed by atoms with E-state index in [2.05, 4.69) is 4.74 Å². The van der Waals surface area contributed by atoms with Crippen molar-refractivity contribution < 1.29 is 19.4 Å². The number of carbonyl (C=O) groups is 1. The molecular formula is C6H10N2O6. The summed E-state index contributed by atoms with van der Waals surface area (Å²) < 4.78 is 4.07. The van der Waals surface area contributed by atoms with Crippen molar-refractivity contribution in [2.75, 3.05) is 7.11 Å². The molecule has 0 fully saturated rings. The molecular weight excluding hydrogens is 196 g/mol. The third-order valence-electron chi connectivity index (χ3n) is 1.71. The number of methoxy groups -OCH3 is 1. The largest absolute Gasteiger partial charge is 0.552 e. The van der Waals surface area contributed by atoms with Crippen LogP contribution >= 0.6 is 0 Å². The second-order valence-corrected chi connectivity index (χ2v) is 2.57. The summed E-state index contributed by atoms with van der Waals surface area (Å²) in [6.07, 6.45) is -0.350. The van der Waals surface area contributed by atoms with Crippen molar-refractivity contribution in [2.24, 2.45) is 0 Å². The van der Waals surface area contributed by atoms with Crippen LogP contribution < -0.4 is 0 Å². The second-order valence-electron chi connectivity index (χ2n) is 2.57. The summed E-state index contributed by atoms with van der Waals surface area (Å²) in [5.74, 6) is -1.45. The van der Waals surface area contributed by atoms with Gasteiger partial charge in [0.05, 0.1) is 7.11 Å². The first kappa shape index (κ1) is 12.3. The van der Waals surface area contributed by atoms with Crippen molar-refractivity contribution in [1.82, 2.24) is 0 Å². The van der Waals surface area contributed by atoms with Crippen LogP contribution in [0.3, 0.4) is 0 Å². The van der Waals surface area contributed by atoms with E-state index in [1.54, 1.807) is 0 Å². The Morgan fingerprint density at radius 1 is 1.36 bits per heavy atom. The number of hydrogen-bond acceptors (Lipinski definition) is 6. The van der Waals surface area contributed by atoms with E-state index in [4.69, 9.17) is 0 Å². The van der Waals surface area contributed by atoms with Gasteiger partial charge in [0, 0.05) is 0 Å². The first-order chi connectivity index (χ1) is 6.43. The van der Waals surface area contributed by atoms with Gasteiger partial charge in [-0.3, -0.25) is 20.2 Å². The SMILES string of the molecule is CCCC(C(=O)OC)([N+](=O)[O-])[N+](=O)[O-]. The highest BCUT2D eigenvalue weighted by Gasteiger charge is 2.64. The first-order valence-electron chi connectivity index (χ1n) is 3.80. The molecule has 14 heavy (non-hydrogen) atoms. The highest BCUT2D eigenvalue weighted by atomic mass is 16.7. The second kappa shape index (κ2) is 4.49. The highest BCUT2D eigenvalue weighted by molar-refractivity contribution is 5.76. The molecule has 0 aliphatic rings. The van der Waals surface area contributed by atoms with Crippen LogP contribution in [0, 0.1) is 20.2 Å². The summed E-state index contributed by atoms with van der Waals surface area (Å²) in [6, 6.07) is 0. The molecule has 0 aliphatic carbocycles. The maximum Gasteiger partial charge on any atom is 0.552 e. The molecule has 0 heterocycles. The number of carbonyl (C=O) groups excluding carboxylic acids is 1. The number of hydrogen-bond donors (Lipinski definition) is 0. The number of nitrogens with zero attached hydrogens (tertiary/aromatic N) is 2. The Hall–Kier alpha value is -1.73. The van der Waals surface area contributed by atoms with Gasteiger partial charge in [0.25, 0.3) is 0 Å². The lowest BCUT2D eigenvalue weighted by atomic mass is 10.1. The molecule has 0 unspecified atom stereocenters. The fourth-order valence-electron chi connectivity index (χ4n) is 1.01. The Labute approximate surface area is 79.1 Å². The Balaban J connectivity index is 5.26. The third-order valence-corrected chi connectivity index (χ3v) is 1.71. The summed E-state index contributed by atoms with van der Waals surface area (Å²) in [4.78, 5) is 29.6. The van der Waals surface area contributed by atoms with Gasteiger partial charge in [-0.05, 0) is 6.42 Å². The van der Waals surface area contributed by atoms with Crippen LogP contribution in [0.2, 0.25) is 0 Å². The Morgan fingerprint density at radius 3 is 2.00 bits per heavy atom. The molecule has 80 valence electrons. The Kier molecular flexibility index (Phi) is 3.94. The van der Waals surface area contributed by atoms with Crippen molar-refractivity contribution in [1.29, 1.82) is 0 Å². The molecule has 0 aliphatic heterocycles. The van der Waals surface area contributed by atoms with Crippen LogP contribution in [-0.4, -0.2) is 28.6 Å². The zero-order valence-corrected chi connectivity index (χ0v) is 7.76. The smallest absolute Gasteiger partial charge is 0.458 e. The van der Waals surface area contributed by atoms with Gasteiger partial charge >= 0.3 is 11.6 Å². The molecule has 8 heteroatoms. The van der Waals surface area contributed by atoms with E-state index in [0.29, 0.717) is 0 Å². The first-order valence-corrected chi connectivity index (χ1v) is 3.80. The average molecular weight is 206 g/mol. The molecule has 0 atom stereocenters. The number of rotatable bonds is 5. The van der Waals surface area contributed by atoms with E-state index in [0.717, 1.165) is 7.11 Å². The van der Waals surface area contributed by atoms with E-state index in [1.165, 1.54) is 6.92 Å².